The van der Waals surface area contributed by atoms with Crippen molar-refractivity contribution < 1.29 is 8.42 Å². The number of aryl methyl sites for hydroxylation is 1. The molecule has 2 rings (SSSR count). The second kappa shape index (κ2) is 5.08. The first kappa shape index (κ1) is 13.1. The second-order valence-electron chi connectivity index (χ2n) is 4.67. The van der Waals surface area contributed by atoms with Gasteiger partial charge in [0, 0.05) is 10.9 Å². The van der Waals surface area contributed by atoms with E-state index in [1.54, 1.807) is 11.3 Å². The molecule has 1 saturated heterocycles. The smallest absolute Gasteiger partial charge is 0.150 e. The number of hydrogen-bond acceptors (Lipinski definition) is 4. The van der Waals surface area contributed by atoms with Crippen LogP contribution >= 0.6 is 11.3 Å². The molecular weight excluding hydrogens is 254 g/mol. The SMILES string of the molecule is CCNC(c1sccc1C)C1CCS(=O)(=O)C1. The summed E-state index contributed by atoms with van der Waals surface area (Å²) in [6.45, 7) is 5.04. The molecule has 0 aromatic carbocycles. The van der Waals surface area contributed by atoms with Gasteiger partial charge < -0.3 is 5.32 Å². The average Bonchev–Trinajstić information content (AvgIpc) is 2.81. The predicted molar refractivity (Wildman–Crippen MR) is 72.2 cm³/mol. The lowest BCUT2D eigenvalue weighted by atomic mass is 9.96. The molecule has 1 aromatic heterocycles. The Hall–Kier alpha value is -0.390. The third kappa shape index (κ3) is 2.89. The molecule has 5 heteroatoms. The molecule has 0 saturated carbocycles. The Balaban J connectivity index is 2.22. The summed E-state index contributed by atoms with van der Waals surface area (Å²) in [4.78, 5) is 1.30. The number of nitrogens with one attached hydrogen (secondary N) is 1. The first-order valence-corrected chi connectivity index (χ1v) is 8.71. The maximum Gasteiger partial charge on any atom is 0.150 e. The molecule has 2 atom stereocenters. The Morgan fingerprint density at radius 3 is 2.82 bits per heavy atom. The summed E-state index contributed by atoms with van der Waals surface area (Å²) >= 11 is 1.73. The van der Waals surface area contributed by atoms with Gasteiger partial charge in [-0.1, -0.05) is 6.92 Å². The van der Waals surface area contributed by atoms with Crippen molar-refractivity contribution in [3.63, 3.8) is 0 Å². The lowest BCUT2D eigenvalue weighted by Gasteiger charge is -2.23. The van der Waals surface area contributed by atoms with Crippen LogP contribution in [-0.2, 0) is 9.84 Å². The minimum atomic E-state index is -2.80. The van der Waals surface area contributed by atoms with Gasteiger partial charge in [0.25, 0.3) is 0 Å². The molecule has 1 fully saturated rings. The molecule has 1 aliphatic rings. The fraction of sp³-hybridized carbons (Fsp3) is 0.667. The summed E-state index contributed by atoms with van der Waals surface area (Å²) in [5.41, 5.74) is 1.27. The monoisotopic (exact) mass is 273 g/mol. The predicted octanol–water partition coefficient (Wildman–Crippen LogP) is 2.14. The topological polar surface area (TPSA) is 46.2 Å². The highest BCUT2D eigenvalue weighted by molar-refractivity contribution is 7.91. The Bertz CT molecular complexity index is 478. The zero-order valence-electron chi connectivity index (χ0n) is 10.3. The van der Waals surface area contributed by atoms with Gasteiger partial charge in [-0.15, -0.1) is 11.3 Å². The molecular formula is C12H19NO2S2. The van der Waals surface area contributed by atoms with Crippen molar-refractivity contribution in [3.05, 3.63) is 21.9 Å². The Labute approximate surface area is 107 Å². The molecule has 3 nitrogen and oxygen atoms in total. The molecule has 1 N–H and O–H groups in total. The van der Waals surface area contributed by atoms with Gasteiger partial charge in [0.05, 0.1) is 11.5 Å². The molecule has 0 aliphatic carbocycles. The van der Waals surface area contributed by atoms with Gasteiger partial charge in [-0.05, 0) is 42.8 Å². The molecule has 17 heavy (non-hydrogen) atoms. The summed E-state index contributed by atoms with van der Waals surface area (Å²) in [6.07, 6.45) is 0.789. The summed E-state index contributed by atoms with van der Waals surface area (Å²) in [7, 11) is -2.80. The lowest BCUT2D eigenvalue weighted by molar-refractivity contribution is 0.404. The van der Waals surface area contributed by atoms with E-state index in [4.69, 9.17) is 0 Å². The third-order valence-corrected chi connectivity index (χ3v) is 6.24. The van der Waals surface area contributed by atoms with Crippen molar-refractivity contribution >= 4 is 21.2 Å². The Kier molecular flexibility index (Phi) is 3.90. The van der Waals surface area contributed by atoms with Crippen molar-refractivity contribution in [1.82, 2.24) is 5.32 Å². The first-order valence-electron chi connectivity index (χ1n) is 6.01. The van der Waals surface area contributed by atoms with Crippen LogP contribution in [0.5, 0.6) is 0 Å². The zero-order valence-corrected chi connectivity index (χ0v) is 11.9. The van der Waals surface area contributed by atoms with E-state index in [-0.39, 0.29) is 12.0 Å². The highest BCUT2D eigenvalue weighted by atomic mass is 32.2. The minimum absolute atomic E-state index is 0.206. The second-order valence-corrected chi connectivity index (χ2v) is 7.84. The van der Waals surface area contributed by atoms with Gasteiger partial charge in [-0.3, -0.25) is 0 Å². The van der Waals surface area contributed by atoms with Crippen LogP contribution in [0.4, 0.5) is 0 Å². The van der Waals surface area contributed by atoms with Crippen LogP contribution < -0.4 is 5.32 Å². The summed E-state index contributed by atoms with van der Waals surface area (Å²) in [5, 5.41) is 5.53. The number of thiophene rings is 1. The maximum absolute atomic E-state index is 11.6. The van der Waals surface area contributed by atoms with Crippen LogP contribution in [0.15, 0.2) is 11.4 Å². The van der Waals surface area contributed by atoms with Crippen LogP contribution in [0, 0.1) is 12.8 Å². The molecule has 1 aromatic rings. The fourth-order valence-corrected chi connectivity index (χ4v) is 5.42. The third-order valence-electron chi connectivity index (χ3n) is 3.35. The minimum Gasteiger partial charge on any atom is -0.309 e. The first-order chi connectivity index (χ1) is 8.03. The summed E-state index contributed by atoms with van der Waals surface area (Å²) in [6, 6.07) is 2.31. The van der Waals surface area contributed by atoms with Crippen molar-refractivity contribution in [2.75, 3.05) is 18.1 Å². The van der Waals surface area contributed by atoms with Crippen LogP contribution in [0.2, 0.25) is 0 Å². The standard InChI is InChI=1S/C12H19NO2S2/c1-3-13-11(12-9(2)4-6-16-12)10-5-7-17(14,15)8-10/h4,6,10-11,13H,3,5,7-8H2,1-2H3. The van der Waals surface area contributed by atoms with E-state index >= 15 is 0 Å². The van der Waals surface area contributed by atoms with E-state index in [9.17, 15) is 8.42 Å². The van der Waals surface area contributed by atoms with Gasteiger partial charge in [0.2, 0.25) is 0 Å². The normalized spacial score (nSPS) is 24.9. The largest absolute Gasteiger partial charge is 0.309 e. The van der Waals surface area contributed by atoms with E-state index in [0.29, 0.717) is 11.5 Å². The summed E-state index contributed by atoms with van der Waals surface area (Å²) < 4.78 is 23.2. The van der Waals surface area contributed by atoms with Crippen LogP contribution in [0.3, 0.4) is 0 Å². The van der Waals surface area contributed by atoms with Crippen molar-refractivity contribution in [1.29, 1.82) is 0 Å². The average molecular weight is 273 g/mol. The fourth-order valence-electron chi connectivity index (χ4n) is 2.48. The van der Waals surface area contributed by atoms with E-state index in [1.165, 1.54) is 10.4 Å². The number of hydrogen-bond donors (Lipinski definition) is 1. The number of rotatable bonds is 4. The molecule has 0 spiro atoms. The van der Waals surface area contributed by atoms with E-state index in [2.05, 4.69) is 30.6 Å². The van der Waals surface area contributed by atoms with Crippen molar-refractivity contribution in [2.24, 2.45) is 5.92 Å². The molecule has 96 valence electrons. The van der Waals surface area contributed by atoms with Gasteiger partial charge in [0.15, 0.2) is 9.84 Å². The lowest BCUT2D eigenvalue weighted by Crippen LogP contribution is -2.28. The van der Waals surface area contributed by atoms with E-state index < -0.39 is 9.84 Å². The van der Waals surface area contributed by atoms with E-state index in [0.717, 1.165) is 13.0 Å². The summed E-state index contributed by atoms with van der Waals surface area (Å²) in [5.74, 6) is 0.920. The molecule has 0 amide bonds. The Morgan fingerprint density at radius 2 is 2.35 bits per heavy atom. The zero-order chi connectivity index (χ0) is 12.5. The highest BCUT2D eigenvalue weighted by Gasteiger charge is 2.35. The van der Waals surface area contributed by atoms with Crippen LogP contribution in [0.25, 0.3) is 0 Å². The number of sulfone groups is 1. The van der Waals surface area contributed by atoms with Crippen LogP contribution in [0.1, 0.15) is 29.8 Å². The quantitative estimate of drug-likeness (QED) is 0.914. The highest BCUT2D eigenvalue weighted by Crippen LogP contribution is 2.35. The van der Waals surface area contributed by atoms with Crippen LogP contribution in [-0.4, -0.2) is 26.5 Å². The molecule has 0 radical (unpaired) electrons. The van der Waals surface area contributed by atoms with E-state index in [1.807, 2.05) is 0 Å². The Morgan fingerprint density at radius 1 is 1.59 bits per heavy atom. The van der Waals surface area contributed by atoms with Gasteiger partial charge >= 0.3 is 0 Å². The van der Waals surface area contributed by atoms with Crippen molar-refractivity contribution in [2.45, 2.75) is 26.3 Å². The van der Waals surface area contributed by atoms with Gasteiger partial charge in [-0.25, -0.2) is 8.42 Å². The van der Waals surface area contributed by atoms with Gasteiger partial charge in [-0.2, -0.15) is 0 Å². The molecule has 0 bridgehead atoms. The maximum atomic E-state index is 11.6. The molecule has 1 aliphatic heterocycles. The molecule has 2 heterocycles. The van der Waals surface area contributed by atoms with Gasteiger partial charge in [0.1, 0.15) is 0 Å². The molecule has 2 unspecified atom stereocenters. The van der Waals surface area contributed by atoms with Crippen molar-refractivity contribution in [3.8, 4) is 0 Å².